The van der Waals surface area contributed by atoms with Crippen molar-refractivity contribution in [2.75, 3.05) is 31.5 Å². The van der Waals surface area contributed by atoms with Crippen molar-refractivity contribution in [2.24, 2.45) is 7.05 Å². The van der Waals surface area contributed by atoms with E-state index in [1.807, 2.05) is 18.2 Å². The number of hydrogen-bond donors (Lipinski definition) is 2. The number of carbonyl (C=O) groups is 1. The van der Waals surface area contributed by atoms with Gasteiger partial charge in [0.15, 0.2) is 0 Å². The van der Waals surface area contributed by atoms with Crippen molar-refractivity contribution < 1.29 is 4.79 Å². The Hall–Kier alpha value is -2.34. The molecule has 2 aromatic rings. The fraction of sp³-hybridized carbons (Fsp3) is 0.412. The maximum atomic E-state index is 12.1. The van der Waals surface area contributed by atoms with Gasteiger partial charge in [0.1, 0.15) is 0 Å². The summed E-state index contributed by atoms with van der Waals surface area (Å²) >= 11 is 0. The van der Waals surface area contributed by atoms with Crippen molar-refractivity contribution >= 4 is 22.5 Å². The molecule has 2 amide bonds. The van der Waals surface area contributed by atoms with Crippen LogP contribution in [0.25, 0.3) is 10.8 Å². The van der Waals surface area contributed by atoms with Crippen molar-refractivity contribution in [3.63, 3.8) is 0 Å². The number of anilines is 1. The number of urea groups is 1. The fourth-order valence-corrected chi connectivity index (χ4v) is 3.02. The highest BCUT2D eigenvalue weighted by molar-refractivity contribution is 6.00. The third-order valence-corrected chi connectivity index (χ3v) is 4.25. The molecule has 0 bridgehead atoms. The molecule has 1 saturated heterocycles. The second-order valence-corrected chi connectivity index (χ2v) is 5.93. The quantitative estimate of drug-likeness (QED) is 0.903. The molecule has 122 valence electrons. The molecule has 1 aromatic heterocycles. The highest BCUT2D eigenvalue weighted by Gasteiger charge is 2.12. The summed E-state index contributed by atoms with van der Waals surface area (Å²) in [5.41, 5.74) is 0.571. The molecule has 2 N–H and O–H groups in total. The normalized spacial score (nSPS) is 15.0. The van der Waals surface area contributed by atoms with Gasteiger partial charge in [-0.3, -0.25) is 4.79 Å². The number of nitrogens with zero attached hydrogens (tertiary/aromatic N) is 2. The van der Waals surface area contributed by atoms with E-state index in [-0.39, 0.29) is 11.6 Å². The minimum absolute atomic E-state index is 0.0689. The summed E-state index contributed by atoms with van der Waals surface area (Å²) < 4.78 is 1.49. The van der Waals surface area contributed by atoms with E-state index >= 15 is 0 Å². The lowest BCUT2D eigenvalue weighted by Crippen LogP contribution is -2.36. The third kappa shape index (κ3) is 3.53. The van der Waals surface area contributed by atoms with Gasteiger partial charge in [0.2, 0.25) is 0 Å². The maximum absolute atomic E-state index is 12.1. The van der Waals surface area contributed by atoms with Crippen molar-refractivity contribution in [1.82, 2.24) is 14.8 Å². The number of benzene rings is 1. The highest BCUT2D eigenvalue weighted by atomic mass is 16.2. The van der Waals surface area contributed by atoms with Crippen LogP contribution < -0.4 is 16.2 Å². The number of rotatable bonds is 4. The zero-order valence-corrected chi connectivity index (χ0v) is 13.3. The molecule has 0 saturated carbocycles. The Morgan fingerprint density at radius 1 is 1.17 bits per heavy atom. The standard InChI is InChI=1S/C17H22N4O2/c1-20-12-15(13-6-2-3-7-14(13)16(20)22)19-17(23)18-8-11-21-9-4-5-10-21/h2-3,6-7,12H,4-5,8-11H2,1H3,(H2,18,19,23). The number of hydrogen-bond acceptors (Lipinski definition) is 3. The minimum atomic E-state index is -0.243. The summed E-state index contributed by atoms with van der Waals surface area (Å²) in [5, 5.41) is 7.08. The number of nitrogens with one attached hydrogen (secondary N) is 2. The summed E-state index contributed by atoms with van der Waals surface area (Å²) in [5.74, 6) is 0. The fourth-order valence-electron chi connectivity index (χ4n) is 3.02. The van der Waals surface area contributed by atoms with Gasteiger partial charge in [-0.2, -0.15) is 0 Å². The minimum Gasteiger partial charge on any atom is -0.337 e. The van der Waals surface area contributed by atoms with Gasteiger partial charge in [0.05, 0.1) is 5.69 Å². The van der Waals surface area contributed by atoms with Gasteiger partial charge in [-0.1, -0.05) is 18.2 Å². The SMILES string of the molecule is Cn1cc(NC(=O)NCCN2CCCC2)c2ccccc2c1=O. The van der Waals surface area contributed by atoms with Gasteiger partial charge in [-0.05, 0) is 32.0 Å². The zero-order chi connectivity index (χ0) is 16.2. The second-order valence-electron chi connectivity index (χ2n) is 5.93. The van der Waals surface area contributed by atoms with Crippen LogP contribution >= 0.6 is 0 Å². The van der Waals surface area contributed by atoms with Crippen molar-refractivity contribution in [3.8, 4) is 0 Å². The Kier molecular flexibility index (Phi) is 4.62. The lowest BCUT2D eigenvalue weighted by atomic mass is 10.1. The van der Waals surface area contributed by atoms with Gasteiger partial charge in [-0.15, -0.1) is 0 Å². The number of likely N-dealkylation sites (tertiary alicyclic amines) is 1. The molecule has 6 nitrogen and oxygen atoms in total. The van der Waals surface area contributed by atoms with E-state index in [0.717, 1.165) is 25.0 Å². The molecule has 3 rings (SSSR count). The number of aryl methyl sites for hydroxylation is 1. The Morgan fingerprint density at radius 3 is 2.61 bits per heavy atom. The number of pyridine rings is 1. The molecule has 0 unspecified atom stereocenters. The van der Waals surface area contributed by atoms with Gasteiger partial charge < -0.3 is 20.1 Å². The van der Waals surface area contributed by atoms with Crippen LogP contribution in [0.1, 0.15) is 12.8 Å². The van der Waals surface area contributed by atoms with E-state index in [2.05, 4.69) is 15.5 Å². The summed E-state index contributed by atoms with van der Waals surface area (Å²) in [4.78, 5) is 26.6. The molecule has 1 aliphatic heterocycles. The topological polar surface area (TPSA) is 66.4 Å². The third-order valence-electron chi connectivity index (χ3n) is 4.25. The molecular weight excluding hydrogens is 292 g/mol. The molecule has 1 fully saturated rings. The number of carbonyl (C=O) groups excluding carboxylic acids is 1. The predicted molar refractivity (Wildman–Crippen MR) is 91.9 cm³/mol. The number of aromatic nitrogens is 1. The Labute approximate surface area is 135 Å². The summed E-state index contributed by atoms with van der Waals surface area (Å²) in [6.07, 6.45) is 4.15. The van der Waals surface area contributed by atoms with Gasteiger partial charge >= 0.3 is 6.03 Å². The van der Waals surface area contributed by atoms with E-state index in [0.29, 0.717) is 17.6 Å². The first-order valence-corrected chi connectivity index (χ1v) is 8.01. The van der Waals surface area contributed by atoms with Crippen LogP contribution in [0.5, 0.6) is 0 Å². The molecule has 0 radical (unpaired) electrons. The van der Waals surface area contributed by atoms with Crippen LogP contribution in [0, 0.1) is 0 Å². The number of amides is 2. The van der Waals surface area contributed by atoms with Gasteiger partial charge in [-0.25, -0.2) is 4.79 Å². The van der Waals surface area contributed by atoms with E-state index in [1.165, 1.54) is 17.4 Å². The zero-order valence-electron chi connectivity index (χ0n) is 13.3. The lowest BCUT2D eigenvalue weighted by molar-refractivity contribution is 0.249. The Morgan fingerprint density at radius 2 is 1.87 bits per heavy atom. The monoisotopic (exact) mass is 314 g/mol. The summed E-state index contributed by atoms with van der Waals surface area (Å²) in [6, 6.07) is 7.06. The van der Waals surface area contributed by atoms with E-state index < -0.39 is 0 Å². The molecule has 0 spiro atoms. The van der Waals surface area contributed by atoms with Crippen LogP contribution in [-0.4, -0.2) is 41.7 Å². The maximum Gasteiger partial charge on any atom is 0.319 e. The number of fused-ring (bicyclic) bond motifs is 1. The predicted octanol–water partition coefficient (Wildman–Crippen LogP) is 1.76. The largest absolute Gasteiger partial charge is 0.337 e. The molecule has 0 atom stereocenters. The molecule has 23 heavy (non-hydrogen) atoms. The molecule has 0 aliphatic carbocycles. The van der Waals surface area contributed by atoms with Crippen LogP contribution in [0.4, 0.5) is 10.5 Å². The van der Waals surface area contributed by atoms with Gasteiger partial charge in [0, 0.05) is 37.1 Å². The Bertz CT molecular complexity index is 763. The van der Waals surface area contributed by atoms with Crippen LogP contribution in [0.15, 0.2) is 35.3 Å². The van der Waals surface area contributed by atoms with Crippen LogP contribution in [0.2, 0.25) is 0 Å². The highest BCUT2D eigenvalue weighted by Crippen LogP contribution is 2.19. The first-order valence-electron chi connectivity index (χ1n) is 8.01. The second kappa shape index (κ2) is 6.83. The van der Waals surface area contributed by atoms with Crippen molar-refractivity contribution in [3.05, 3.63) is 40.8 Å². The van der Waals surface area contributed by atoms with E-state index in [1.54, 1.807) is 19.3 Å². The first kappa shape index (κ1) is 15.6. The Balaban J connectivity index is 1.67. The van der Waals surface area contributed by atoms with Crippen molar-refractivity contribution in [2.45, 2.75) is 12.8 Å². The lowest BCUT2D eigenvalue weighted by Gasteiger charge is -2.15. The van der Waals surface area contributed by atoms with E-state index in [9.17, 15) is 9.59 Å². The molecule has 1 aromatic carbocycles. The molecule has 2 heterocycles. The van der Waals surface area contributed by atoms with Crippen LogP contribution in [-0.2, 0) is 7.05 Å². The molecule has 1 aliphatic rings. The van der Waals surface area contributed by atoms with Crippen LogP contribution in [0.3, 0.4) is 0 Å². The average Bonchev–Trinajstić information content (AvgIpc) is 3.06. The first-order chi connectivity index (χ1) is 11.1. The van der Waals surface area contributed by atoms with Crippen molar-refractivity contribution in [1.29, 1.82) is 0 Å². The average molecular weight is 314 g/mol. The smallest absolute Gasteiger partial charge is 0.319 e. The van der Waals surface area contributed by atoms with Gasteiger partial charge in [0.25, 0.3) is 5.56 Å². The van der Waals surface area contributed by atoms with E-state index in [4.69, 9.17) is 0 Å². The summed E-state index contributed by atoms with van der Waals surface area (Å²) in [7, 11) is 1.69. The molecular formula is C17H22N4O2. The molecule has 6 heteroatoms. The summed E-state index contributed by atoms with van der Waals surface area (Å²) in [6.45, 7) is 3.74.